The maximum atomic E-state index is 13.1. The first-order chi connectivity index (χ1) is 15.5. The summed E-state index contributed by atoms with van der Waals surface area (Å²) in [5.74, 6) is 1.39. The standard InChI is InChI=1S/C24H23N3O4S/c1-16(17-9-11-18(30-2)12-10-17)25-22(28)15-32-24-26-21-8-4-3-7-20(21)23(29)27(24)14-19-6-5-13-31-19/h3-13,16H,14-15H2,1-2H3,(H,25,28). The minimum Gasteiger partial charge on any atom is -0.497 e. The lowest BCUT2D eigenvalue weighted by Gasteiger charge is -2.15. The number of fused-ring (bicyclic) bond motifs is 1. The lowest BCUT2D eigenvalue weighted by Crippen LogP contribution is -2.29. The summed E-state index contributed by atoms with van der Waals surface area (Å²) in [5, 5.41) is 3.98. The SMILES string of the molecule is COc1ccc(C(C)NC(=O)CSc2nc3ccccc3c(=O)n2Cc2ccco2)cc1. The Bertz CT molecular complexity index is 1270. The van der Waals surface area contributed by atoms with Gasteiger partial charge in [0.15, 0.2) is 5.16 Å². The van der Waals surface area contributed by atoms with Crippen LogP contribution in [0.25, 0.3) is 10.9 Å². The van der Waals surface area contributed by atoms with Crippen LogP contribution in [-0.4, -0.2) is 28.3 Å². The predicted octanol–water partition coefficient (Wildman–Crippen LogP) is 4.02. The molecule has 2 aromatic carbocycles. The fourth-order valence-electron chi connectivity index (χ4n) is 3.34. The number of thioether (sulfide) groups is 1. The Hall–Kier alpha value is -3.52. The fraction of sp³-hybridized carbons (Fsp3) is 0.208. The zero-order valence-electron chi connectivity index (χ0n) is 17.8. The van der Waals surface area contributed by atoms with Gasteiger partial charge in [-0.25, -0.2) is 4.98 Å². The first-order valence-corrected chi connectivity index (χ1v) is 11.1. The van der Waals surface area contributed by atoms with Gasteiger partial charge in [-0.15, -0.1) is 0 Å². The van der Waals surface area contributed by atoms with Gasteiger partial charge in [-0.2, -0.15) is 0 Å². The first-order valence-electron chi connectivity index (χ1n) is 10.1. The van der Waals surface area contributed by atoms with E-state index in [1.165, 1.54) is 11.8 Å². The van der Waals surface area contributed by atoms with Gasteiger partial charge in [-0.1, -0.05) is 36.0 Å². The zero-order valence-corrected chi connectivity index (χ0v) is 18.6. The summed E-state index contributed by atoms with van der Waals surface area (Å²) in [6.45, 7) is 2.17. The van der Waals surface area contributed by atoms with Crippen molar-refractivity contribution in [1.29, 1.82) is 0 Å². The highest BCUT2D eigenvalue weighted by Gasteiger charge is 2.16. The predicted molar refractivity (Wildman–Crippen MR) is 124 cm³/mol. The van der Waals surface area contributed by atoms with Crippen LogP contribution in [0.5, 0.6) is 5.75 Å². The molecule has 1 atom stereocenters. The number of para-hydroxylation sites is 1. The summed E-state index contributed by atoms with van der Waals surface area (Å²) in [7, 11) is 1.61. The molecule has 7 nitrogen and oxygen atoms in total. The van der Waals surface area contributed by atoms with Gasteiger partial charge in [-0.3, -0.25) is 14.2 Å². The van der Waals surface area contributed by atoms with Gasteiger partial charge in [0.2, 0.25) is 5.91 Å². The van der Waals surface area contributed by atoms with Crippen molar-refractivity contribution < 1.29 is 13.9 Å². The fourth-order valence-corrected chi connectivity index (χ4v) is 4.15. The van der Waals surface area contributed by atoms with E-state index in [1.54, 1.807) is 42.2 Å². The maximum Gasteiger partial charge on any atom is 0.262 e. The number of furan rings is 1. The molecule has 8 heteroatoms. The van der Waals surface area contributed by atoms with Gasteiger partial charge < -0.3 is 14.5 Å². The summed E-state index contributed by atoms with van der Waals surface area (Å²) in [4.78, 5) is 30.3. The van der Waals surface area contributed by atoms with Crippen LogP contribution in [0.1, 0.15) is 24.3 Å². The van der Waals surface area contributed by atoms with Crippen molar-refractivity contribution in [2.24, 2.45) is 0 Å². The second-order valence-corrected chi connectivity index (χ2v) is 8.18. The van der Waals surface area contributed by atoms with E-state index in [2.05, 4.69) is 10.3 Å². The van der Waals surface area contributed by atoms with Crippen molar-refractivity contribution in [3.05, 3.63) is 88.6 Å². The third-order valence-corrected chi connectivity index (χ3v) is 6.02. The monoisotopic (exact) mass is 449 g/mol. The van der Waals surface area contributed by atoms with Crippen LogP contribution in [0.3, 0.4) is 0 Å². The molecule has 0 bridgehead atoms. The number of benzene rings is 2. The average Bonchev–Trinajstić information content (AvgIpc) is 3.33. The molecule has 0 radical (unpaired) electrons. The Morgan fingerprint density at radius 2 is 1.94 bits per heavy atom. The average molecular weight is 450 g/mol. The van der Waals surface area contributed by atoms with Crippen LogP contribution in [0.15, 0.2) is 81.3 Å². The van der Waals surface area contributed by atoms with Crippen molar-refractivity contribution in [2.75, 3.05) is 12.9 Å². The van der Waals surface area contributed by atoms with Gasteiger partial charge in [0.25, 0.3) is 5.56 Å². The minimum absolute atomic E-state index is 0.128. The van der Waals surface area contributed by atoms with Crippen molar-refractivity contribution in [3.63, 3.8) is 0 Å². The Labute approximate surface area is 189 Å². The smallest absolute Gasteiger partial charge is 0.262 e. The van der Waals surface area contributed by atoms with Gasteiger partial charge in [-0.05, 0) is 48.9 Å². The third-order valence-electron chi connectivity index (χ3n) is 5.05. The normalized spacial score (nSPS) is 11.9. The largest absolute Gasteiger partial charge is 0.497 e. The Morgan fingerprint density at radius 1 is 1.16 bits per heavy atom. The summed E-state index contributed by atoms with van der Waals surface area (Å²) >= 11 is 1.23. The molecule has 164 valence electrons. The number of ether oxygens (including phenoxy) is 1. The molecule has 1 unspecified atom stereocenters. The van der Waals surface area contributed by atoms with E-state index < -0.39 is 0 Å². The van der Waals surface area contributed by atoms with Crippen LogP contribution in [0.2, 0.25) is 0 Å². The molecular weight excluding hydrogens is 426 g/mol. The molecule has 0 saturated heterocycles. The molecular formula is C24H23N3O4S. The van der Waals surface area contributed by atoms with E-state index >= 15 is 0 Å². The number of nitrogens with zero attached hydrogens (tertiary/aromatic N) is 2. The van der Waals surface area contributed by atoms with Gasteiger partial charge in [0.05, 0.1) is 42.6 Å². The Kier molecular flexibility index (Phi) is 6.61. The van der Waals surface area contributed by atoms with E-state index in [0.29, 0.717) is 21.8 Å². The van der Waals surface area contributed by atoms with E-state index in [1.807, 2.05) is 43.3 Å². The van der Waals surface area contributed by atoms with Crippen molar-refractivity contribution in [2.45, 2.75) is 24.7 Å². The molecule has 0 aliphatic rings. The van der Waals surface area contributed by atoms with Crippen LogP contribution >= 0.6 is 11.8 Å². The van der Waals surface area contributed by atoms with E-state index in [0.717, 1.165) is 11.3 Å². The van der Waals surface area contributed by atoms with Crippen molar-refractivity contribution >= 4 is 28.6 Å². The number of carbonyl (C=O) groups excluding carboxylic acids is 1. The number of aromatic nitrogens is 2. The molecule has 0 spiro atoms. The second-order valence-electron chi connectivity index (χ2n) is 7.23. The van der Waals surface area contributed by atoms with Crippen LogP contribution in [0, 0.1) is 0 Å². The highest BCUT2D eigenvalue weighted by molar-refractivity contribution is 7.99. The molecule has 0 fully saturated rings. The Balaban J connectivity index is 1.51. The maximum absolute atomic E-state index is 13.1. The van der Waals surface area contributed by atoms with Crippen molar-refractivity contribution in [1.82, 2.24) is 14.9 Å². The summed E-state index contributed by atoms with van der Waals surface area (Å²) in [6, 6.07) is 18.2. The van der Waals surface area contributed by atoms with Gasteiger partial charge in [0.1, 0.15) is 11.5 Å². The number of hydrogen-bond acceptors (Lipinski definition) is 6. The molecule has 32 heavy (non-hydrogen) atoms. The third kappa shape index (κ3) is 4.86. The molecule has 4 rings (SSSR count). The highest BCUT2D eigenvalue weighted by Crippen LogP contribution is 2.21. The molecule has 1 N–H and O–H groups in total. The lowest BCUT2D eigenvalue weighted by molar-refractivity contribution is -0.119. The highest BCUT2D eigenvalue weighted by atomic mass is 32.2. The summed E-state index contributed by atoms with van der Waals surface area (Å²) < 4.78 is 12.1. The number of methoxy groups -OCH3 is 1. The van der Waals surface area contributed by atoms with Crippen LogP contribution in [0.4, 0.5) is 0 Å². The number of carbonyl (C=O) groups is 1. The molecule has 2 heterocycles. The zero-order chi connectivity index (χ0) is 22.5. The molecule has 4 aromatic rings. The lowest BCUT2D eigenvalue weighted by atomic mass is 10.1. The van der Waals surface area contributed by atoms with Gasteiger partial charge >= 0.3 is 0 Å². The number of rotatable bonds is 8. The van der Waals surface area contributed by atoms with Crippen LogP contribution in [-0.2, 0) is 11.3 Å². The second kappa shape index (κ2) is 9.74. The van der Waals surface area contributed by atoms with Crippen LogP contribution < -0.4 is 15.6 Å². The van der Waals surface area contributed by atoms with E-state index in [4.69, 9.17) is 9.15 Å². The van der Waals surface area contributed by atoms with E-state index in [-0.39, 0.29) is 29.8 Å². The van der Waals surface area contributed by atoms with Gasteiger partial charge in [0, 0.05) is 0 Å². The van der Waals surface area contributed by atoms with E-state index in [9.17, 15) is 9.59 Å². The molecule has 2 aromatic heterocycles. The molecule has 1 amide bonds. The summed E-state index contributed by atoms with van der Waals surface area (Å²) in [5.41, 5.74) is 1.41. The topological polar surface area (TPSA) is 86.4 Å². The minimum atomic E-state index is -0.165. The number of hydrogen-bond donors (Lipinski definition) is 1. The quantitative estimate of drug-likeness (QED) is 0.323. The molecule has 0 saturated carbocycles. The molecule has 0 aliphatic carbocycles. The number of nitrogens with one attached hydrogen (secondary N) is 1. The first kappa shape index (κ1) is 21.7. The summed E-state index contributed by atoms with van der Waals surface area (Å²) in [6.07, 6.45) is 1.57. The molecule has 0 aliphatic heterocycles. The number of amides is 1. The Morgan fingerprint density at radius 3 is 2.66 bits per heavy atom. The van der Waals surface area contributed by atoms with Crippen molar-refractivity contribution in [3.8, 4) is 5.75 Å².